The molecule has 0 saturated carbocycles. The number of ether oxygens (including phenoxy) is 2. The van der Waals surface area contributed by atoms with Gasteiger partial charge in [0.25, 0.3) is 0 Å². The third-order valence-corrected chi connectivity index (χ3v) is 6.93. The summed E-state index contributed by atoms with van der Waals surface area (Å²) in [7, 11) is 0. The number of nitrogens with zero attached hydrogens (tertiary/aromatic N) is 2. The van der Waals surface area contributed by atoms with Crippen LogP contribution in [-0.4, -0.2) is 52.9 Å². The maximum atomic E-state index is 13.0. The first-order valence-corrected chi connectivity index (χ1v) is 13.7. The van der Waals surface area contributed by atoms with Gasteiger partial charge in [-0.15, -0.1) is 0 Å². The second kappa shape index (κ2) is 14.4. The molecule has 0 aliphatic carbocycles. The summed E-state index contributed by atoms with van der Waals surface area (Å²) in [6.07, 6.45) is 4.66. The van der Waals surface area contributed by atoms with E-state index in [0.717, 1.165) is 18.6 Å². The molecular formula is C28H35N3O5S. The molecule has 1 atom stereocenters. The number of amides is 2. The van der Waals surface area contributed by atoms with E-state index in [-0.39, 0.29) is 18.2 Å². The highest BCUT2D eigenvalue weighted by Gasteiger charge is 2.35. The number of anilines is 1. The standard InChI is InChI=1S/C28H35N3O5S/c1-4-7-8-9-18-36-23-16-14-21(15-17-23)29-26(33)24-19-25(32)31(5-2)28(37-24)30-22-12-10-20(11-13-22)27(34)35-6-3/h10-17,24H,4-9,18-19H2,1-3H3,(H,29,33). The van der Waals surface area contributed by atoms with E-state index in [4.69, 9.17) is 9.47 Å². The second-order valence-electron chi connectivity index (χ2n) is 8.53. The number of carbonyl (C=O) groups is 3. The lowest BCUT2D eigenvalue weighted by atomic mass is 10.2. The van der Waals surface area contributed by atoms with E-state index in [0.29, 0.717) is 41.9 Å². The van der Waals surface area contributed by atoms with Crippen molar-refractivity contribution >= 4 is 46.1 Å². The predicted molar refractivity (Wildman–Crippen MR) is 148 cm³/mol. The van der Waals surface area contributed by atoms with Crippen LogP contribution in [0.1, 0.15) is 63.2 Å². The zero-order chi connectivity index (χ0) is 26.6. The molecule has 2 aromatic rings. The molecule has 2 aromatic carbocycles. The number of aliphatic imine (C=N–C) groups is 1. The van der Waals surface area contributed by atoms with Crippen LogP contribution in [0.2, 0.25) is 0 Å². The van der Waals surface area contributed by atoms with Gasteiger partial charge in [-0.1, -0.05) is 37.9 Å². The topological polar surface area (TPSA) is 97.3 Å². The van der Waals surface area contributed by atoms with Crippen LogP contribution in [0, 0.1) is 0 Å². The molecule has 198 valence electrons. The lowest BCUT2D eigenvalue weighted by Gasteiger charge is -2.30. The fourth-order valence-electron chi connectivity index (χ4n) is 3.73. The maximum Gasteiger partial charge on any atom is 0.338 e. The van der Waals surface area contributed by atoms with Crippen LogP contribution in [0.5, 0.6) is 5.75 Å². The normalized spacial score (nSPS) is 16.5. The van der Waals surface area contributed by atoms with Crippen LogP contribution in [0.15, 0.2) is 53.5 Å². The summed E-state index contributed by atoms with van der Waals surface area (Å²) >= 11 is 1.26. The molecule has 0 spiro atoms. The third kappa shape index (κ3) is 8.35. The average molecular weight is 526 g/mol. The number of hydrogen-bond donors (Lipinski definition) is 1. The first-order valence-electron chi connectivity index (χ1n) is 12.8. The van der Waals surface area contributed by atoms with Crippen molar-refractivity contribution in [1.29, 1.82) is 0 Å². The summed E-state index contributed by atoms with van der Waals surface area (Å²) in [6, 6.07) is 13.9. The van der Waals surface area contributed by atoms with Crippen molar-refractivity contribution in [3.05, 3.63) is 54.1 Å². The molecule has 0 aromatic heterocycles. The van der Waals surface area contributed by atoms with Gasteiger partial charge in [0.05, 0.1) is 24.5 Å². The number of benzene rings is 2. The number of esters is 1. The molecule has 1 fully saturated rings. The van der Waals surface area contributed by atoms with Crippen LogP contribution in [0.4, 0.5) is 11.4 Å². The Morgan fingerprint density at radius 3 is 2.41 bits per heavy atom. The van der Waals surface area contributed by atoms with Gasteiger partial charge in [0.2, 0.25) is 11.8 Å². The number of amidine groups is 1. The van der Waals surface area contributed by atoms with Crippen molar-refractivity contribution in [3.63, 3.8) is 0 Å². The van der Waals surface area contributed by atoms with Crippen LogP contribution >= 0.6 is 11.8 Å². The monoisotopic (exact) mass is 525 g/mol. The molecule has 2 amide bonds. The van der Waals surface area contributed by atoms with E-state index in [9.17, 15) is 14.4 Å². The van der Waals surface area contributed by atoms with Crippen LogP contribution < -0.4 is 10.1 Å². The smallest absolute Gasteiger partial charge is 0.338 e. The second-order valence-corrected chi connectivity index (χ2v) is 9.70. The van der Waals surface area contributed by atoms with E-state index < -0.39 is 11.2 Å². The molecule has 1 unspecified atom stereocenters. The van der Waals surface area contributed by atoms with Crippen LogP contribution in [-0.2, 0) is 14.3 Å². The zero-order valence-corrected chi connectivity index (χ0v) is 22.5. The Balaban J connectivity index is 1.63. The fraction of sp³-hybridized carbons (Fsp3) is 0.429. The van der Waals surface area contributed by atoms with Crippen molar-refractivity contribution in [3.8, 4) is 5.75 Å². The molecule has 0 bridgehead atoms. The Morgan fingerprint density at radius 2 is 1.76 bits per heavy atom. The molecule has 1 N–H and O–H groups in total. The Bertz CT molecular complexity index is 1090. The van der Waals surface area contributed by atoms with Crippen molar-refractivity contribution in [1.82, 2.24) is 4.90 Å². The SMILES string of the molecule is CCCCCCOc1ccc(NC(=O)C2CC(=O)N(CC)C(=Nc3ccc(C(=O)OCC)cc3)S2)cc1. The van der Waals surface area contributed by atoms with Gasteiger partial charge in [-0.2, -0.15) is 0 Å². The molecule has 1 aliphatic heterocycles. The Labute approximate surface area is 222 Å². The minimum atomic E-state index is -0.609. The fourth-order valence-corrected chi connectivity index (χ4v) is 4.89. The molecule has 1 aliphatic rings. The van der Waals surface area contributed by atoms with E-state index in [1.165, 1.54) is 24.6 Å². The number of carbonyl (C=O) groups excluding carboxylic acids is 3. The number of unbranched alkanes of at least 4 members (excludes halogenated alkanes) is 3. The van der Waals surface area contributed by atoms with Gasteiger partial charge in [0.1, 0.15) is 11.0 Å². The van der Waals surface area contributed by atoms with Crippen molar-refractivity contribution in [2.45, 2.75) is 58.1 Å². The first-order chi connectivity index (χ1) is 17.9. The van der Waals surface area contributed by atoms with Crippen LogP contribution in [0.25, 0.3) is 0 Å². The van der Waals surface area contributed by atoms with Gasteiger partial charge in [0, 0.05) is 18.7 Å². The highest BCUT2D eigenvalue weighted by atomic mass is 32.2. The largest absolute Gasteiger partial charge is 0.494 e. The Morgan fingerprint density at radius 1 is 1.03 bits per heavy atom. The van der Waals surface area contributed by atoms with Crippen molar-refractivity contribution < 1.29 is 23.9 Å². The summed E-state index contributed by atoms with van der Waals surface area (Å²) in [5.41, 5.74) is 1.64. The quantitative estimate of drug-likeness (QED) is 0.278. The van der Waals surface area contributed by atoms with Crippen molar-refractivity contribution in [2.75, 3.05) is 25.1 Å². The molecule has 0 radical (unpaired) electrons. The van der Waals surface area contributed by atoms with Gasteiger partial charge >= 0.3 is 5.97 Å². The molecule has 1 heterocycles. The maximum absolute atomic E-state index is 13.0. The molecule has 37 heavy (non-hydrogen) atoms. The minimum absolute atomic E-state index is 0.0874. The lowest BCUT2D eigenvalue weighted by molar-refractivity contribution is -0.129. The summed E-state index contributed by atoms with van der Waals surface area (Å²) in [4.78, 5) is 43.9. The van der Waals surface area contributed by atoms with Gasteiger partial charge in [-0.05, 0) is 68.8 Å². The van der Waals surface area contributed by atoms with Gasteiger partial charge in [-0.3, -0.25) is 14.5 Å². The highest BCUT2D eigenvalue weighted by molar-refractivity contribution is 8.15. The number of nitrogens with one attached hydrogen (secondary N) is 1. The van der Waals surface area contributed by atoms with Crippen molar-refractivity contribution in [2.24, 2.45) is 4.99 Å². The average Bonchev–Trinajstić information content (AvgIpc) is 2.90. The van der Waals surface area contributed by atoms with Gasteiger partial charge in [-0.25, -0.2) is 9.79 Å². The summed E-state index contributed by atoms with van der Waals surface area (Å²) in [5.74, 6) is -0.0519. The molecule has 1 saturated heterocycles. The summed E-state index contributed by atoms with van der Waals surface area (Å²) < 4.78 is 10.8. The third-order valence-electron chi connectivity index (χ3n) is 5.74. The molecule has 8 nitrogen and oxygen atoms in total. The van der Waals surface area contributed by atoms with E-state index in [2.05, 4.69) is 17.2 Å². The summed E-state index contributed by atoms with van der Waals surface area (Å²) in [6.45, 7) is 7.21. The molecule has 3 rings (SSSR count). The zero-order valence-electron chi connectivity index (χ0n) is 21.7. The predicted octanol–water partition coefficient (Wildman–Crippen LogP) is 5.80. The van der Waals surface area contributed by atoms with E-state index in [1.54, 1.807) is 48.2 Å². The van der Waals surface area contributed by atoms with Gasteiger partial charge in [0.15, 0.2) is 5.17 Å². The van der Waals surface area contributed by atoms with E-state index >= 15 is 0 Å². The summed E-state index contributed by atoms with van der Waals surface area (Å²) in [5, 5.41) is 2.74. The first kappa shape index (κ1) is 28.2. The highest BCUT2D eigenvalue weighted by Crippen LogP contribution is 2.30. The Kier molecular flexibility index (Phi) is 11.0. The Hall–Kier alpha value is -3.33. The molecular weight excluding hydrogens is 490 g/mol. The number of thioether (sulfide) groups is 1. The number of rotatable bonds is 12. The van der Waals surface area contributed by atoms with Crippen LogP contribution in [0.3, 0.4) is 0 Å². The number of hydrogen-bond acceptors (Lipinski definition) is 7. The molecule has 9 heteroatoms. The van der Waals surface area contributed by atoms with Gasteiger partial charge < -0.3 is 14.8 Å². The minimum Gasteiger partial charge on any atom is -0.494 e. The lowest BCUT2D eigenvalue weighted by Crippen LogP contribution is -2.45. The van der Waals surface area contributed by atoms with E-state index in [1.807, 2.05) is 19.1 Å².